The van der Waals surface area contributed by atoms with Crippen molar-refractivity contribution in [2.75, 3.05) is 75.9 Å². The molecule has 12 amide bonds. The van der Waals surface area contributed by atoms with Gasteiger partial charge in [-0.05, 0) is 172 Å². The van der Waals surface area contributed by atoms with Crippen molar-refractivity contribution >= 4 is 94.4 Å². The Labute approximate surface area is 700 Å². The third kappa shape index (κ3) is 31.6. The lowest BCUT2D eigenvalue weighted by molar-refractivity contribution is -0.118. The zero-order chi connectivity index (χ0) is 86.7. The molecule has 0 saturated carbocycles. The van der Waals surface area contributed by atoms with E-state index >= 15 is 0 Å². The molecule has 0 bridgehead atoms. The first kappa shape index (κ1) is 92.3. The third-order valence-electron chi connectivity index (χ3n) is 18.7. The van der Waals surface area contributed by atoms with E-state index in [9.17, 15) is 57.5 Å². The summed E-state index contributed by atoms with van der Waals surface area (Å²) in [6, 6.07) is 48.3. The quantitative estimate of drug-likeness (QED) is 0.0124. The summed E-state index contributed by atoms with van der Waals surface area (Å²) in [5, 5.41) is 30.2. The molecule has 0 radical (unpaired) electrons. The number of hydrogen-bond acceptors (Lipinski definition) is 21. The number of hydrogen-bond donors (Lipinski definition) is 13. The van der Waals surface area contributed by atoms with E-state index in [1.807, 2.05) is 97.1 Å². The van der Waals surface area contributed by atoms with E-state index in [-0.39, 0.29) is 172 Å². The predicted octanol–water partition coefficient (Wildman–Crippen LogP) is 10.7. The predicted molar refractivity (Wildman–Crippen MR) is 451 cm³/mol. The van der Waals surface area contributed by atoms with Crippen molar-refractivity contribution in [2.45, 2.75) is 128 Å². The van der Waals surface area contributed by atoms with Gasteiger partial charge in [0.05, 0.1) is 56.7 Å². The SMILES string of the molecule is COc1ccc(NC(=O)[C@H](CCCCNC(=O)OCc2ccccc2)NC(=O)c2cc(NC(=O)[C@H](CCCCNC(=O)OCc3ccccc3)NC(=O)c3cc(NC(=O)C(CCCCNC(=O)OCc4ccccc4)NC(=O)c4cc(NC(=O)[C@@H](N)CCCCNC(=O)OCc5ccccc5)ccc4OC)ccc3OC)ccc2OC)cc1C(N)=O. The largest absolute Gasteiger partial charge is 0.496 e. The molecule has 0 aliphatic heterocycles. The molecule has 0 aliphatic carbocycles. The Kier molecular flexibility index (Phi) is 37.9. The average molecular weight is 1660 g/mol. The Morgan fingerprint density at radius 3 is 0.793 bits per heavy atom. The van der Waals surface area contributed by atoms with Gasteiger partial charge in [0.25, 0.3) is 23.6 Å². The number of methoxy groups -OCH3 is 4. The van der Waals surface area contributed by atoms with Crippen LogP contribution in [-0.4, -0.2) is 150 Å². The highest BCUT2D eigenvalue weighted by molar-refractivity contribution is 6.08. The fourth-order valence-electron chi connectivity index (χ4n) is 12.2. The minimum Gasteiger partial charge on any atom is -0.496 e. The van der Waals surface area contributed by atoms with Crippen molar-refractivity contribution in [2.24, 2.45) is 11.5 Å². The average Bonchev–Trinajstić information content (AvgIpc) is 0.829. The number of carbonyl (C=O) groups is 12. The molecule has 4 atom stereocenters. The van der Waals surface area contributed by atoms with E-state index in [0.29, 0.717) is 25.7 Å². The lowest BCUT2D eigenvalue weighted by Gasteiger charge is -2.22. The molecule has 8 rings (SSSR count). The number of rotatable bonds is 47. The van der Waals surface area contributed by atoms with Crippen LogP contribution in [0.1, 0.15) is 141 Å². The monoisotopic (exact) mass is 1660 g/mol. The van der Waals surface area contributed by atoms with Gasteiger partial charge in [0, 0.05) is 48.9 Å². The second-order valence-corrected chi connectivity index (χ2v) is 27.6. The normalized spacial score (nSPS) is 11.6. The van der Waals surface area contributed by atoms with Gasteiger partial charge in [-0.15, -0.1) is 0 Å². The summed E-state index contributed by atoms with van der Waals surface area (Å²) < 4.78 is 43.5. The van der Waals surface area contributed by atoms with Gasteiger partial charge < -0.3 is 108 Å². The van der Waals surface area contributed by atoms with Crippen LogP contribution in [0.4, 0.5) is 41.9 Å². The van der Waals surface area contributed by atoms with Gasteiger partial charge in [-0.3, -0.25) is 38.4 Å². The van der Waals surface area contributed by atoms with Crippen molar-refractivity contribution in [3.8, 4) is 23.0 Å². The van der Waals surface area contributed by atoms with Crippen molar-refractivity contribution in [3.05, 3.63) is 239 Å². The molecule has 0 spiro atoms. The number of benzene rings is 8. The van der Waals surface area contributed by atoms with Crippen LogP contribution in [0.15, 0.2) is 194 Å². The Bertz CT molecular complexity index is 4780. The summed E-state index contributed by atoms with van der Waals surface area (Å²) in [5.41, 5.74) is 15.1. The van der Waals surface area contributed by atoms with Crippen LogP contribution in [0.25, 0.3) is 0 Å². The van der Waals surface area contributed by atoms with Crippen LogP contribution in [0.5, 0.6) is 23.0 Å². The third-order valence-corrected chi connectivity index (χ3v) is 18.7. The summed E-state index contributed by atoms with van der Waals surface area (Å²) in [5.74, 6) is -5.85. The molecule has 0 aliphatic rings. The first-order valence-corrected chi connectivity index (χ1v) is 39.3. The first-order chi connectivity index (χ1) is 58.6. The molecule has 0 aromatic heterocycles. The standard InChI is InChI=1S/C88H103N13O20/c1-114-73-41-37-61(49-65(73)77(90)102)96-82(107)70(34-18-22-46-92-86(111)119-54-58-27-11-6-12-28-58)99-79(104)67-51-63(39-43-75(67)116-3)98-84(109)72(36-20-24-48-94-88(113)121-56-60-31-15-8-16-32-60)101-80(105)68-52-64(40-44-76(68)117-4)97-83(108)71(35-19-23-47-93-87(112)120-55-59-29-13-7-14-30-59)100-78(103)66-50-62(38-42-74(66)115-2)95-81(106)69(89)33-17-21-45-91-85(110)118-53-57-25-9-5-10-26-57/h5-16,25-32,37-44,49-52,69-72H,17-24,33-36,45-48,53-56,89H2,1-4H3,(H2,90,102)(H,91,110)(H,92,111)(H,93,112)(H,94,113)(H,95,106)(H,96,107)(H,97,108)(H,98,109)(H,99,104)(H,100,103)(H,101,105)/t69-,70-,71?,72-/m0/s1. The maximum Gasteiger partial charge on any atom is 0.407 e. The van der Waals surface area contributed by atoms with Crippen molar-refractivity contribution < 1.29 is 95.4 Å². The number of carbonyl (C=O) groups excluding carboxylic acids is 12. The minimum absolute atomic E-state index is 0.00638. The number of nitrogens with two attached hydrogens (primary N) is 2. The van der Waals surface area contributed by atoms with Crippen LogP contribution < -0.4 is 88.9 Å². The van der Waals surface area contributed by atoms with Gasteiger partial charge >= 0.3 is 24.4 Å². The van der Waals surface area contributed by atoms with Gasteiger partial charge in [0.1, 0.15) is 67.6 Å². The van der Waals surface area contributed by atoms with Crippen molar-refractivity contribution in [1.29, 1.82) is 0 Å². The second kappa shape index (κ2) is 49.7. The Balaban J connectivity index is 0.975. The smallest absolute Gasteiger partial charge is 0.407 e. The maximum atomic E-state index is 14.9. The summed E-state index contributed by atoms with van der Waals surface area (Å²) in [4.78, 5) is 164. The number of unbranched alkanes of at least 4 members (excludes halogenated alkanes) is 4. The molecule has 0 heterocycles. The lowest BCUT2D eigenvalue weighted by atomic mass is 10.0. The minimum atomic E-state index is -1.37. The van der Waals surface area contributed by atoms with E-state index < -0.39 is 95.8 Å². The number of ether oxygens (including phenoxy) is 8. The molecule has 0 saturated heterocycles. The molecule has 640 valence electrons. The molecule has 121 heavy (non-hydrogen) atoms. The number of nitrogens with one attached hydrogen (secondary N) is 11. The van der Waals surface area contributed by atoms with E-state index in [0.717, 1.165) is 22.3 Å². The van der Waals surface area contributed by atoms with Crippen molar-refractivity contribution in [1.82, 2.24) is 37.2 Å². The number of anilines is 4. The second-order valence-electron chi connectivity index (χ2n) is 27.6. The van der Waals surface area contributed by atoms with Gasteiger partial charge in [-0.25, -0.2) is 19.2 Å². The molecule has 8 aromatic rings. The fraction of sp³-hybridized carbons (Fsp3) is 0.318. The highest BCUT2D eigenvalue weighted by Gasteiger charge is 2.30. The topological polar surface area (TPSA) is 463 Å². The maximum absolute atomic E-state index is 14.9. The summed E-state index contributed by atoms with van der Waals surface area (Å²) in [7, 11) is 5.29. The van der Waals surface area contributed by atoms with Gasteiger partial charge in [0.15, 0.2) is 0 Å². The highest BCUT2D eigenvalue weighted by atomic mass is 16.6. The summed E-state index contributed by atoms with van der Waals surface area (Å²) in [6.07, 6.45) is 0.246. The first-order valence-electron chi connectivity index (χ1n) is 39.3. The Hall–Kier alpha value is -14.2. The fourth-order valence-corrected chi connectivity index (χ4v) is 12.2. The van der Waals surface area contributed by atoms with E-state index in [4.69, 9.17) is 49.4 Å². The van der Waals surface area contributed by atoms with E-state index in [1.54, 1.807) is 24.3 Å². The van der Waals surface area contributed by atoms with Gasteiger partial charge in [-0.1, -0.05) is 121 Å². The molecule has 1 unspecified atom stereocenters. The van der Waals surface area contributed by atoms with Crippen LogP contribution in [0.2, 0.25) is 0 Å². The number of alkyl carbamates (subject to hydrolysis) is 4. The van der Waals surface area contributed by atoms with Crippen LogP contribution in [-0.2, 0) is 64.6 Å². The van der Waals surface area contributed by atoms with E-state index in [2.05, 4.69) is 58.5 Å². The molecular formula is C88H103N13O20. The molecular weight excluding hydrogens is 1560 g/mol. The molecule has 8 aromatic carbocycles. The molecule has 0 fully saturated rings. The van der Waals surface area contributed by atoms with Crippen molar-refractivity contribution in [3.63, 3.8) is 0 Å². The van der Waals surface area contributed by atoms with E-state index in [1.165, 1.54) is 101 Å². The zero-order valence-electron chi connectivity index (χ0n) is 67.7. The molecule has 33 nitrogen and oxygen atoms in total. The Morgan fingerprint density at radius 1 is 0.298 bits per heavy atom. The van der Waals surface area contributed by atoms with Crippen LogP contribution in [0.3, 0.4) is 0 Å². The van der Waals surface area contributed by atoms with Gasteiger partial charge in [-0.2, -0.15) is 0 Å². The summed E-state index contributed by atoms with van der Waals surface area (Å²) in [6.45, 7) is 0.847. The van der Waals surface area contributed by atoms with Gasteiger partial charge in [0.2, 0.25) is 23.6 Å². The van der Waals surface area contributed by atoms with Crippen LogP contribution >= 0.6 is 0 Å². The summed E-state index contributed by atoms with van der Waals surface area (Å²) >= 11 is 0. The lowest BCUT2D eigenvalue weighted by Crippen LogP contribution is -2.44. The number of amides is 12. The number of primary amides is 1. The highest BCUT2D eigenvalue weighted by Crippen LogP contribution is 2.29. The zero-order valence-corrected chi connectivity index (χ0v) is 67.7. The molecule has 33 heteroatoms. The van der Waals surface area contributed by atoms with Crippen LogP contribution in [0, 0.1) is 0 Å². The molecule has 15 N–H and O–H groups in total. The Morgan fingerprint density at radius 2 is 0.537 bits per heavy atom.